The van der Waals surface area contributed by atoms with Crippen LogP contribution in [0.2, 0.25) is 5.02 Å². The summed E-state index contributed by atoms with van der Waals surface area (Å²) in [5.74, 6) is -0.264. The summed E-state index contributed by atoms with van der Waals surface area (Å²) in [4.78, 5) is 26.7. The number of anilines is 1. The first-order chi connectivity index (χ1) is 14.1. The summed E-state index contributed by atoms with van der Waals surface area (Å²) in [6.07, 6.45) is 8.71. The van der Waals surface area contributed by atoms with Crippen LogP contribution in [-0.4, -0.2) is 17.9 Å². The molecule has 0 unspecified atom stereocenters. The lowest BCUT2D eigenvalue weighted by Crippen LogP contribution is -2.34. The fourth-order valence-electron chi connectivity index (χ4n) is 3.73. The number of hydrogen-bond acceptors (Lipinski definition) is 3. The Kier molecular flexibility index (Phi) is 6.26. The normalized spacial score (nSPS) is 18.7. The van der Waals surface area contributed by atoms with E-state index in [1.54, 1.807) is 18.2 Å². The molecule has 1 saturated carbocycles. The van der Waals surface area contributed by atoms with Crippen molar-refractivity contribution in [3.05, 3.63) is 63.5 Å². The van der Waals surface area contributed by atoms with Gasteiger partial charge < -0.3 is 10.6 Å². The number of fused-ring (bicyclic) bond motifs is 1. The lowest BCUT2D eigenvalue weighted by Gasteiger charge is -2.20. The summed E-state index contributed by atoms with van der Waals surface area (Å²) in [7, 11) is 0. The maximum Gasteiger partial charge on any atom is 0.262 e. The van der Waals surface area contributed by atoms with Crippen molar-refractivity contribution in [2.75, 3.05) is 5.32 Å². The maximum atomic E-state index is 12.7. The van der Waals surface area contributed by atoms with Crippen LogP contribution < -0.4 is 10.6 Å². The van der Waals surface area contributed by atoms with E-state index in [2.05, 4.69) is 10.6 Å². The van der Waals surface area contributed by atoms with Crippen molar-refractivity contribution in [1.29, 1.82) is 0 Å². The Balaban J connectivity index is 1.50. The van der Waals surface area contributed by atoms with Gasteiger partial charge in [-0.3, -0.25) is 9.59 Å². The van der Waals surface area contributed by atoms with Crippen LogP contribution in [0.25, 0.3) is 6.08 Å². The quantitative estimate of drug-likeness (QED) is 0.476. The van der Waals surface area contributed by atoms with Crippen LogP contribution in [0.3, 0.4) is 0 Å². The largest absolute Gasteiger partial charge is 0.349 e. The molecule has 1 fully saturated rings. The molecule has 2 amide bonds. The summed E-state index contributed by atoms with van der Waals surface area (Å²) in [6.45, 7) is 0. The molecule has 2 aromatic rings. The fraction of sp³-hybridized carbons (Fsp3) is 0.304. The van der Waals surface area contributed by atoms with Gasteiger partial charge in [0, 0.05) is 21.5 Å². The van der Waals surface area contributed by atoms with E-state index in [0.717, 1.165) is 23.3 Å². The monoisotopic (exact) mass is 426 g/mol. The van der Waals surface area contributed by atoms with Crippen molar-refractivity contribution in [2.45, 2.75) is 49.5 Å². The SMILES string of the molecule is O=C1Nc2cc(C(=O)NC3CCCCCC3)ccc2SC1=Cc1ccccc1Cl. The van der Waals surface area contributed by atoms with Gasteiger partial charge in [0.15, 0.2) is 0 Å². The van der Waals surface area contributed by atoms with Crippen molar-refractivity contribution in [3.63, 3.8) is 0 Å². The highest BCUT2D eigenvalue weighted by atomic mass is 35.5. The van der Waals surface area contributed by atoms with E-state index in [-0.39, 0.29) is 17.9 Å². The Morgan fingerprint density at radius 3 is 2.62 bits per heavy atom. The predicted octanol–water partition coefficient (Wildman–Crippen LogP) is 5.88. The Morgan fingerprint density at radius 2 is 1.86 bits per heavy atom. The van der Waals surface area contributed by atoms with E-state index in [1.807, 2.05) is 30.3 Å². The molecule has 0 aromatic heterocycles. The average molecular weight is 427 g/mol. The Hall–Kier alpha value is -2.24. The molecule has 1 heterocycles. The molecular formula is C23H23ClN2O2S. The number of carbonyl (C=O) groups is 2. The van der Waals surface area contributed by atoms with Gasteiger partial charge in [-0.1, -0.05) is 67.2 Å². The molecule has 2 N–H and O–H groups in total. The van der Waals surface area contributed by atoms with Gasteiger partial charge in [0.25, 0.3) is 11.8 Å². The topological polar surface area (TPSA) is 58.2 Å². The lowest BCUT2D eigenvalue weighted by atomic mass is 10.1. The number of amides is 2. The second kappa shape index (κ2) is 9.06. The molecule has 2 aromatic carbocycles. The van der Waals surface area contributed by atoms with Gasteiger partial charge in [-0.25, -0.2) is 0 Å². The first kappa shape index (κ1) is 20.0. The minimum atomic E-state index is -0.191. The highest BCUT2D eigenvalue weighted by Gasteiger charge is 2.23. The third kappa shape index (κ3) is 4.85. The van der Waals surface area contributed by atoms with E-state index < -0.39 is 0 Å². The molecule has 1 aliphatic heterocycles. The van der Waals surface area contributed by atoms with E-state index >= 15 is 0 Å². The zero-order valence-corrected chi connectivity index (χ0v) is 17.6. The first-order valence-electron chi connectivity index (χ1n) is 10.0. The molecule has 1 aliphatic carbocycles. The van der Waals surface area contributed by atoms with E-state index in [1.165, 1.54) is 37.4 Å². The van der Waals surface area contributed by atoms with Gasteiger partial charge in [-0.2, -0.15) is 0 Å². The molecule has 0 bridgehead atoms. The zero-order valence-electron chi connectivity index (χ0n) is 16.0. The minimum absolute atomic E-state index is 0.0728. The second-order valence-electron chi connectivity index (χ2n) is 7.46. The maximum absolute atomic E-state index is 12.7. The van der Waals surface area contributed by atoms with Crippen molar-refractivity contribution < 1.29 is 9.59 Å². The number of benzene rings is 2. The van der Waals surface area contributed by atoms with E-state index in [9.17, 15) is 9.59 Å². The standard InChI is InChI=1S/C23H23ClN2O2S/c24-18-10-6-5-7-15(18)14-21-23(28)26-19-13-16(11-12-20(19)29-21)22(27)25-17-8-3-1-2-4-9-17/h5-7,10-14,17H,1-4,8-9H2,(H,25,27)(H,26,28). The molecule has 6 heteroatoms. The Labute approximate surface area is 180 Å². The number of carbonyl (C=O) groups excluding carboxylic acids is 2. The van der Waals surface area contributed by atoms with Crippen LogP contribution in [0.1, 0.15) is 54.4 Å². The van der Waals surface area contributed by atoms with Gasteiger partial charge in [0.1, 0.15) is 0 Å². The van der Waals surface area contributed by atoms with Crippen molar-refractivity contribution in [1.82, 2.24) is 5.32 Å². The van der Waals surface area contributed by atoms with Crippen molar-refractivity contribution in [3.8, 4) is 0 Å². The van der Waals surface area contributed by atoms with Gasteiger partial charge in [-0.05, 0) is 48.7 Å². The van der Waals surface area contributed by atoms with E-state index in [0.29, 0.717) is 21.2 Å². The molecule has 0 atom stereocenters. The fourth-order valence-corrected chi connectivity index (χ4v) is 4.84. The van der Waals surface area contributed by atoms with Crippen LogP contribution in [0.15, 0.2) is 52.3 Å². The van der Waals surface area contributed by atoms with Crippen LogP contribution in [0.4, 0.5) is 5.69 Å². The molecule has 0 radical (unpaired) electrons. The third-order valence-corrected chi connectivity index (χ3v) is 6.76. The summed E-state index contributed by atoms with van der Waals surface area (Å²) in [5, 5.41) is 6.67. The first-order valence-corrected chi connectivity index (χ1v) is 11.2. The third-order valence-electron chi connectivity index (χ3n) is 5.32. The average Bonchev–Trinajstić information content (AvgIpc) is 2.98. The summed E-state index contributed by atoms with van der Waals surface area (Å²) in [5.41, 5.74) is 2.05. The van der Waals surface area contributed by atoms with Crippen LogP contribution in [0.5, 0.6) is 0 Å². The number of thioether (sulfide) groups is 1. The van der Waals surface area contributed by atoms with Crippen molar-refractivity contribution in [2.24, 2.45) is 0 Å². The second-order valence-corrected chi connectivity index (χ2v) is 8.95. The molecule has 4 rings (SSSR count). The van der Waals surface area contributed by atoms with Crippen LogP contribution in [0, 0.1) is 0 Å². The van der Waals surface area contributed by atoms with Gasteiger partial charge in [0.2, 0.25) is 0 Å². The van der Waals surface area contributed by atoms with Crippen LogP contribution in [-0.2, 0) is 4.79 Å². The molecular weight excluding hydrogens is 404 g/mol. The molecule has 150 valence electrons. The number of halogens is 1. The number of hydrogen-bond donors (Lipinski definition) is 2. The van der Waals surface area contributed by atoms with E-state index in [4.69, 9.17) is 11.6 Å². The van der Waals surface area contributed by atoms with Gasteiger partial charge in [-0.15, -0.1) is 0 Å². The summed E-state index contributed by atoms with van der Waals surface area (Å²) < 4.78 is 0. The van der Waals surface area contributed by atoms with Crippen molar-refractivity contribution >= 4 is 46.9 Å². The molecule has 0 spiro atoms. The highest BCUT2D eigenvalue weighted by Crippen LogP contribution is 2.39. The summed E-state index contributed by atoms with van der Waals surface area (Å²) >= 11 is 7.59. The lowest BCUT2D eigenvalue weighted by molar-refractivity contribution is -0.112. The number of rotatable bonds is 3. The van der Waals surface area contributed by atoms with Gasteiger partial charge >= 0.3 is 0 Å². The molecule has 0 saturated heterocycles. The van der Waals surface area contributed by atoms with Gasteiger partial charge in [0.05, 0.1) is 10.6 Å². The summed E-state index contributed by atoms with van der Waals surface area (Å²) in [6, 6.07) is 13.1. The Morgan fingerprint density at radius 1 is 1.10 bits per heavy atom. The minimum Gasteiger partial charge on any atom is -0.349 e. The zero-order chi connectivity index (χ0) is 20.2. The Bertz CT molecular complexity index is 965. The molecule has 29 heavy (non-hydrogen) atoms. The molecule has 2 aliphatic rings. The molecule has 4 nitrogen and oxygen atoms in total. The smallest absolute Gasteiger partial charge is 0.262 e. The highest BCUT2D eigenvalue weighted by molar-refractivity contribution is 8.04. The van der Waals surface area contributed by atoms with Crippen LogP contribution >= 0.6 is 23.4 Å². The number of nitrogens with one attached hydrogen (secondary N) is 2. The predicted molar refractivity (Wildman–Crippen MR) is 119 cm³/mol.